The Labute approximate surface area is 168 Å². The van der Waals surface area contributed by atoms with Crippen LogP contribution in [0.1, 0.15) is 6.92 Å². The number of amides is 1. The van der Waals surface area contributed by atoms with Crippen molar-refractivity contribution in [3.8, 4) is 0 Å². The Morgan fingerprint density at radius 1 is 1.32 bits per heavy atom. The van der Waals surface area contributed by atoms with E-state index in [1.54, 1.807) is 39.7 Å². The third-order valence-electron chi connectivity index (χ3n) is 4.29. The normalized spacial score (nSPS) is 15.2. The molecule has 1 aliphatic heterocycles. The number of carbonyl (C=O) groups is 1. The fourth-order valence-corrected chi connectivity index (χ4v) is 3.69. The maximum absolute atomic E-state index is 13.0. The van der Waals surface area contributed by atoms with Crippen LogP contribution in [0.15, 0.2) is 46.5 Å². The smallest absolute Gasteiger partial charge is 0.246 e. The number of halogens is 1. The first kappa shape index (κ1) is 20.2. The average Bonchev–Trinajstić information content (AvgIpc) is 3.11. The van der Waals surface area contributed by atoms with Crippen LogP contribution in [0.4, 0.5) is 10.1 Å². The molecule has 1 aromatic carbocycles. The Kier molecular flexibility index (Phi) is 6.91. The van der Waals surface area contributed by atoms with Crippen LogP contribution < -0.4 is 10.2 Å². The average molecular weight is 405 g/mol. The van der Waals surface area contributed by atoms with E-state index in [-0.39, 0.29) is 18.3 Å². The zero-order valence-electron chi connectivity index (χ0n) is 16.1. The van der Waals surface area contributed by atoms with E-state index in [2.05, 4.69) is 15.4 Å². The molecule has 0 atom stereocenters. The molecule has 0 aliphatic carbocycles. The van der Waals surface area contributed by atoms with Crippen molar-refractivity contribution in [2.45, 2.75) is 11.8 Å². The van der Waals surface area contributed by atoms with Gasteiger partial charge in [0.15, 0.2) is 5.96 Å². The summed E-state index contributed by atoms with van der Waals surface area (Å²) < 4.78 is 14.7. The number of hydrogen-bond acceptors (Lipinski definition) is 4. The molecule has 9 heteroatoms. The molecule has 0 spiro atoms. The Hall–Kier alpha value is -2.55. The minimum atomic E-state index is -0.230. The molecule has 0 radical (unpaired) electrons. The molecule has 150 valence electrons. The highest BCUT2D eigenvalue weighted by Crippen LogP contribution is 2.18. The SMILES string of the molecule is CCNC(=NCCSc1ccc(F)cc1)N1CCN(c2cnn(C)c2)C(=O)C1. The predicted molar refractivity (Wildman–Crippen MR) is 110 cm³/mol. The lowest BCUT2D eigenvalue weighted by atomic mass is 10.3. The van der Waals surface area contributed by atoms with Crippen molar-refractivity contribution in [1.82, 2.24) is 20.0 Å². The molecular formula is C19H25FN6OS. The van der Waals surface area contributed by atoms with Crippen LogP contribution in [0.5, 0.6) is 0 Å². The zero-order chi connectivity index (χ0) is 19.9. The summed E-state index contributed by atoms with van der Waals surface area (Å²) in [5, 5.41) is 7.41. The van der Waals surface area contributed by atoms with Gasteiger partial charge in [-0.3, -0.25) is 14.5 Å². The molecule has 7 nitrogen and oxygen atoms in total. The molecule has 1 saturated heterocycles. The quantitative estimate of drug-likeness (QED) is 0.345. The standard InChI is InChI=1S/C19H25FN6OS/c1-3-21-19(22-8-11-28-17-6-4-15(20)5-7-17)25-9-10-26(18(27)14-25)16-12-23-24(2)13-16/h4-7,12-13H,3,8-11,14H2,1-2H3,(H,21,22). The summed E-state index contributed by atoms with van der Waals surface area (Å²) in [5.74, 6) is 1.34. The van der Waals surface area contributed by atoms with Crippen molar-refractivity contribution in [3.63, 3.8) is 0 Å². The van der Waals surface area contributed by atoms with Gasteiger partial charge in [0.2, 0.25) is 5.91 Å². The van der Waals surface area contributed by atoms with E-state index in [4.69, 9.17) is 0 Å². The Morgan fingerprint density at radius 2 is 2.11 bits per heavy atom. The van der Waals surface area contributed by atoms with Gasteiger partial charge in [-0.2, -0.15) is 5.10 Å². The highest BCUT2D eigenvalue weighted by Gasteiger charge is 2.27. The van der Waals surface area contributed by atoms with Gasteiger partial charge >= 0.3 is 0 Å². The van der Waals surface area contributed by atoms with Crippen LogP contribution in [-0.2, 0) is 11.8 Å². The van der Waals surface area contributed by atoms with Gasteiger partial charge in [0, 0.05) is 43.5 Å². The lowest BCUT2D eigenvalue weighted by molar-refractivity contribution is -0.120. The summed E-state index contributed by atoms with van der Waals surface area (Å²) >= 11 is 1.63. The van der Waals surface area contributed by atoms with Crippen molar-refractivity contribution < 1.29 is 9.18 Å². The number of nitrogens with one attached hydrogen (secondary N) is 1. The maximum Gasteiger partial charge on any atom is 0.246 e. The van der Waals surface area contributed by atoms with Gasteiger partial charge in [-0.05, 0) is 31.2 Å². The number of anilines is 1. The van der Waals surface area contributed by atoms with E-state index in [0.29, 0.717) is 19.6 Å². The summed E-state index contributed by atoms with van der Waals surface area (Å²) in [6.45, 7) is 4.95. The molecule has 28 heavy (non-hydrogen) atoms. The number of aromatic nitrogens is 2. The van der Waals surface area contributed by atoms with Crippen molar-refractivity contribution >= 4 is 29.3 Å². The highest BCUT2D eigenvalue weighted by molar-refractivity contribution is 7.99. The molecule has 1 amide bonds. The summed E-state index contributed by atoms with van der Waals surface area (Å²) in [6.07, 6.45) is 3.55. The van der Waals surface area contributed by atoms with Gasteiger partial charge in [-0.25, -0.2) is 4.39 Å². The van der Waals surface area contributed by atoms with Crippen LogP contribution >= 0.6 is 11.8 Å². The third kappa shape index (κ3) is 5.25. The van der Waals surface area contributed by atoms with Crippen molar-refractivity contribution in [2.75, 3.05) is 43.4 Å². The number of rotatable bonds is 6. The first-order valence-electron chi connectivity index (χ1n) is 9.27. The summed E-state index contributed by atoms with van der Waals surface area (Å²) in [7, 11) is 1.84. The van der Waals surface area contributed by atoms with Crippen LogP contribution in [0, 0.1) is 5.82 Å². The molecule has 1 aromatic heterocycles. The third-order valence-corrected chi connectivity index (χ3v) is 5.29. The molecule has 0 saturated carbocycles. The van der Waals surface area contributed by atoms with Gasteiger partial charge in [-0.1, -0.05) is 0 Å². The minimum Gasteiger partial charge on any atom is -0.357 e. The number of carbonyl (C=O) groups excluding carboxylic acids is 1. The van der Waals surface area contributed by atoms with Crippen molar-refractivity contribution in [1.29, 1.82) is 0 Å². The van der Waals surface area contributed by atoms with Crippen LogP contribution in [0.25, 0.3) is 0 Å². The fourth-order valence-electron chi connectivity index (χ4n) is 2.95. The Morgan fingerprint density at radius 3 is 2.75 bits per heavy atom. The number of benzene rings is 1. The highest BCUT2D eigenvalue weighted by atomic mass is 32.2. The van der Waals surface area contributed by atoms with E-state index < -0.39 is 0 Å². The van der Waals surface area contributed by atoms with Crippen molar-refractivity contribution in [2.24, 2.45) is 12.0 Å². The molecule has 0 unspecified atom stereocenters. The zero-order valence-corrected chi connectivity index (χ0v) is 17.0. The van der Waals surface area contributed by atoms with E-state index in [0.717, 1.165) is 28.8 Å². The number of aliphatic imine (C=N–C) groups is 1. The molecule has 1 aliphatic rings. The summed E-state index contributed by atoms with van der Waals surface area (Å²) in [5.41, 5.74) is 0.824. The van der Waals surface area contributed by atoms with Gasteiger partial charge in [0.25, 0.3) is 0 Å². The first-order chi connectivity index (χ1) is 13.6. The number of piperazine rings is 1. The second-order valence-electron chi connectivity index (χ2n) is 6.38. The number of hydrogen-bond donors (Lipinski definition) is 1. The van der Waals surface area contributed by atoms with E-state index in [1.807, 2.05) is 25.1 Å². The van der Waals surface area contributed by atoms with Crippen LogP contribution in [-0.4, -0.2) is 65.0 Å². The molecule has 1 fully saturated rings. The molecular weight excluding hydrogens is 379 g/mol. The first-order valence-corrected chi connectivity index (χ1v) is 10.3. The summed E-state index contributed by atoms with van der Waals surface area (Å²) in [4.78, 5) is 22.0. The molecule has 0 bridgehead atoms. The Bertz CT molecular complexity index is 822. The van der Waals surface area contributed by atoms with Gasteiger partial charge < -0.3 is 15.1 Å². The van der Waals surface area contributed by atoms with E-state index in [9.17, 15) is 9.18 Å². The minimum absolute atomic E-state index is 0.0329. The summed E-state index contributed by atoms with van der Waals surface area (Å²) in [6, 6.07) is 6.46. The number of aryl methyl sites for hydroxylation is 1. The molecule has 3 rings (SSSR count). The predicted octanol–water partition coefficient (Wildman–Crippen LogP) is 1.97. The fraction of sp³-hybridized carbons (Fsp3) is 0.421. The number of nitrogens with zero attached hydrogens (tertiary/aromatic N) is 5. The van der Waals surface area contributed by atoms with E-state index >= 15 is 0 Å². The van der Waals surface area contributed by atoms with Gasteiger partial charge in [0.05, 0.1) is 18.4 Å². The largest absolute Gasteiger partial charge is 0.357 e. The lowest BCUT2D eigenvalue weighted by Gasteiger charge is -2.35. The van der Waals surface area contributed by atoms with Crippen molar-refractivity contribution in [3.05, 3.63) is 42.5 Å². The molecule has 2 heterocycles. The van der Waals surface area contributed by atoms with E-state index in [1.165, 1.54) is 12.1 Å². The maximum atomic E-state index is 13.0. The molecule has 1 N–H and O–H groups in total. The molecule has 2 aromatic rings. The van der Waals surface area contributed by atoms with Gasteiger partial charge in [0.1, 0.15) is 12.4 Å². The number of guanidine groups is 1. The Balaban J connectivity index is 1.55. The number of thioether (sulfide) groups is 1. The monoisotopic (exact) mass is 404 g/mol. The van der Waals surface area contributed by atoms with Gasteiger partial charge in [-0.15, -0.1) is 11.8 Å². The second kappa shape index (κ2) is 9.59. The lowest BCUT2D eigenvalue weighted by Crippen LogP contribution is -2.55. The van der Waals surface area contributed by atoms with Crippen LogP contribution in [0.3, 0.4) is 0 Å². The van der Waals surface area contributed by atoms with Crippen LogP contribution in [0.2, 0.25) is 0 Å². The second-order valence-corrected chi connectivity index (χ2v) is 7.55. The topological polar surface area (TPSA) is 65.8 Å².